The molecule has 2 fully saturated rings. The molecule has 1 aliphatic carbocycles. The van der Waals surface area contributed by atoms with Crippen LogP contribution in [0.25, 0.3) is 11.2 Å². The molecule has 3 amide bonds. The minimum absolute atomic E-state index is 0.0856. The van der Waals surface area contributed by atoms with Crippen molar-refractivity contribution in [2.75, 3.05) is 29.9 Å². The number of imidazole rings is 1. The normalized spacial score (nSPS) is 20.3. The number of aromatic nitrogens is 4. The Morgan fingerprint density at radius 1 is 0.967 bits per heavy atom. The molecule has 316 valence electrons. The van der Waals surface area contributed by atoms with E-state index in [0.717, 1.165) is 16.7 Å². The van der Waals surface area contributed by atoms with E-state index >= 15 is 0 Å². The summed E-state index contributed by atoms with van der Waals surface area (Å²) in [6, 6.07) is 23.0. The zero-order valence-electron chi connectivity index (χ0n) is 32.4. The molecule has 6 N–H and O–H groups in total. The maximum atomic E-state index is 13.2. The first-order valence-electron chi connectivity index (χ1n) is 19.4. The fourth-order valence-electron chi connectivity index (χ4n) is 7.65. The molecule has 1 saturated heterocycles. The van der Waals surface area contributed by atoms with Gasteiger partial charge in [0, 0.05) is 44.6 Å². The van der Waals surface area contributed by atoms with Crippen LogP contribution in [0.15, 0.2) is 91.3 Å². The number of halogens is 3. The van der Waals surface area contributed by atoms with Crippen LogP contribution in [0, 0.1) is 0 Å². The Labute approximate surface area is 342 Å². The molecule has 3 aromatic carbocycles. The molecule has 5 aromatic rings. The number of nitrogens with one attached hydrogen (secondary N) is 3. The molecule has 5 atom stereocenters. The Kier molecular flexibility index (Phi) is 12.4. The third kappa shape index (κ3) is 9.21. The Morgan fingerprint density at radius 2 is 1.67 bits per heavy atom. The fourth-order valence-corrected chi connectivity index (χ4v) is 7.65. The van der Waals surface area contributed by atoms with Gasteiger partial charge in [0.05, 0.1) is 12.4 Å². The van der Waals surface area contributed by atoms with E-state index in [0.29, 0.717) is 31.9 Å². The molecule has 19 heteroatoms. The lowest BCUT2D eigenvalue weighted by atomic mass is 9.91. The van der Waals surface area contributed by atoms with Crippen molar-refractivity contribution in [3.63, 3.8) is 0 Å². The van der Waals surface area contributed by atoms with Gasteiger partial charge < -0.3 is 45.6 Å². The van der Waals surface area contributed by atoms with Crippen LogP contribution < -0.4 is 20.9 Å². The van der Waals surface area contributed by atoms with Crippen LogP contribution in [0.5, 0.6) is 5.75 Å². The van der Waals surface area contributed by atoms with Crippen molar-refractivity contribution >= 4 is 40.8 Å². The molecular formula is C41H44F3N9O7. The minimum atomic E-state index is -5.42. The first kappa shape index (κ1) is 41.7. The lowest BCUT2D eigenvalue weighted by molar-refractivity contribution is -0.248. The van der Waals surface area contributed by atoms with Crippen molar-refractivity contribution in [1.29, 1.82) is 0 Å². The summed E-state index contributed by atoms with van der Waals surface area (Å²) in [5, 5.41) is 41.7. The van der Waals surface area contributed by atoms with Gasteiger partial charge in [-0.1, -0.05) is 79.7 Å². The topological polar surface area (TPSA) is 207 Å². The molecule has 60 heavy (non-hydrogen) atoms. The third-order valence-corrected chi connectivity index (χ3v) is 10.7. The van der Waals surface area contributed by atoms with E-state index in [1.54, 1.807) is 18.2 Å². The van der Waals surface area contributed by atoms with Gasteiger partial charge in [-0.15, -0.1) is 0 Å². The molecule has 0 spiro atoms. The highest BCUT2D eigenvalue weighted by atomic mass is 19.4. The number of fused-ring (bicyclic) bond motifs is 1. The van der Waals surface area contributed by atoms with Gasteiger partial charge in [0.25, 0.3) is 5.91 Å². The van der Waals surface area contributed by atoms with Gasteiger partial charge in [-0.25, -0.2) is 14.6 Å². The van der Waals surface area contributed by atoms with Crippen LogP contribution in [-0.2, 0) is 21.0 Å². The lowest BCUT2D eigenvalue weighted by Gasteiger charge is -2.29. The van der Waals surface area contributed by atoms with E-state index < -0.39 is 48.4 Å². The number of phenolic OH excluding ortho intramolecular Hbond substituents is 1. The Bertz CT molecular complexity index is 2260. The summed E-state index contributed by atoms with van der Waals surface area (Å²) < 4.78 is 41.1. The Hall–Kier alpha value is -6.47. The highest BCUT2D eigenvalue weighted by Gasteiger charge is 2.51. The molecule has 0 radical (unpaired) electrons. The number of hydrogen-bond donors (Lipinski definition) is 6. The number of amides is 3. The lowest BCUT2D eigenvalue weighted by Crippen LogP contribution is -2.49. The standard InChI is InChI=1S/C41H44F3N9O7/c1-2-32(55)53(60-38(58)41(42,43)44)31-19-30(34(56)35(31)57)52-23-47-33-36(45-21-29(25-11-5-3-6-12-25)26-13-7-4-8-14-26)49-39(50-37(33)52)51-17-16-27(22-51)48-40(59)46-20-24-10-9-15-28(54)18-24/h3-15,18,23,27,29-31,34-35,54,56-57H,2,16-17,19-22H2,1H3,(H,45,49,50)(H2,46,48,59)/t27-,30-,31+,34+,35-/m1/s1. The summed E-state index contributed by atoms with van der Waals surface area (Å²) in [5.41, 5.74) is 3.28. The van der Waals surface area contributed by atoms with Crippen LogP contribution in [0.3, 0.4) is 0 Å². The van der Waals surface area contributed by atoms with E-state index in [1.807, 2.05) is 65.6 Å². The van der Waals surface area contributed by atoms with Gasteiger partial charge in [-0.05, 0) is 41.7 Å². The van der Waals surface area contributed by atoms with E-state index in [4.69, 9.17) is 9.97 Å². The molecular weight excluding hydrogens is 788 g/mol. The second-order valence-electron chi connectivity index (χ2n) is 14.7. The van der Waals surface area contributed by atoms with Gasteiger partial charge in [-0.2, -0.15) is 28.2 Å². The maximum absolute atomic E-state index is 13.2. The van der Waals surface area contributed by atoms with Gasteiger partial charge in [0.15, 0.2) is 17.0 Å². The third-order valence-electron chi connectivity index (χ3n) is 10.7. The molecule has 0 bridgehead atoms. The highest BCUT2D eigenvalue weighted by molar-refractivity contribution is 5.85. The van der Waals surface area contributed by atoms with Crippen LogP contribution in [0.2, 0.25) is 0 Å². The van der Waals surface area contributed by atoms with E-state index in [-0.39, 0.29) is 59.3 Å². The summed E-state index contributed by atoms with van der Waals surface area (Å²) in [4.78, 5) is 58.2. The summed E-state index contributed by atoms with van der Waals surface area (Å²) >= 11 is 0. The minimum Gasteiger partial charge on any atom is -0.508 e. The molecule has 1 aliphatic heterocycles. The molecule has 16 nitrogen and oxygen atoms in total. The zero-order chi connectivity index (χ0) is 42.6. The number of aromatic hydroxyl groups is 1. The molecule has 0 unspecified atom stereocenters. The van der Waals surface area contributed by atoms with Crippen molar-refractivity contribution in [3.8, 4) is 5.75 Å². The molecule has 7 rings (SSSR count). The quantitative estimate of drug-likeness (QED) is 0.0982. The van der Waals surface area contributed by atoms with Crippen LogP contribution >= 0.6 is 0 Å². The van der Waals surface area contributed by atoms with E-state index in [2.05, 4.69) is 25.8 Å². The number of alkyl halides is 3. The smallest absolute Gasteiger partial charge is 0.493 e. The number of rotatable bonds is 12. The van der Waals surface area contributed by atoms with E-state index in [9.17, 15) is 42.9 Å². The van der Waals surface area contributed by atoms with Crippen LogP contribution in [0.1, 0.15) is 54.8 Å². The maximum Gasteiger partial charge on any atom is 0.493 e. The first-order chi connectivity index (χ1) is 28.8. The SMILES string of the molecule is CCC(=O)N(OC(=O)C(F)(F)F)[C@H]1C[C@@H](n2cnc3c(NCC(c4ccccc4)c4ccccc4)nc(N4CC[C@@H](NC(=O)NCc5cccc(O)c5)C4)nc32)[C@H](O)[C@@H]1O. The number of benzene rings is 3. The predicted molar refractivity (Wildman–Crippen MR) is 211 cm³/mol. The number of carbonyl (C=O) groups excluding carboxylic acids is 3. The summed E-state index contributed by atoms with van der Waals surface area (Å²) in [6.07, 6.45) is -7.67. The Morgan fingerprint density at radius 3 is 2.32 bits per heavy atom. The number of carbonyl (C=O) groups is 3. The largest absolute Gasteiger partial charge is 0.508 e. The van der Waals surface area contributed by atoms with Gasteiger partial charge in [-0.3, -0.25) is 4.79 Å². The average Bonchev–Trinajstić information content (AvgIpc) is 3.96. The first-order valence-corrected chi connectivity index (χ1v) is 19.4. The van der Waals surface area contributed by atoms with Crippen molar-refractivity contribution in [3.05, 3.63) is 108 Å². The van der Waals surface area contributed by atoms with Crippen molar-refractivity contribution in [2.24, 2.45) is 0 Å². The van der Waals surface area contributed by atoms with Crippen LogP contribution in [-0.4, -0.2) is 108 Å². The second-order valence-corrected chi connectivity index (χ2v) is 14.7. The fraction of sp³-hybridized carbons (Fsp3) is 0.366. The van der Waals surface area contributed by atoms with Crippen molar-refractivity contribution < 1.29 is 47.7 Å². The second kappa shape index (κ2) is 17.8. The summed E-state index contributed by atoms with van der Waals surface area (Å²) in [7, 11) is 0. The Balaban J connectivity index is 1.18. The van der Waals surface area contributed by atoms with E-state index in [1.165, 1.54) is 23.9 Å². The molecule has 3 heterocycles. The number of anilines is 2. The van der Waals surface area contributed by atoms with Crippen molar-refractivity contribution in [1.82, 2.24) is 35.2 Å². The van der Waals surface area contributed by atoms with Gasteiger partial charge in [0.2, 0.25) is 5.95 Å². The molecule has 1 saturated carbocycles. The molecule has 2 aromatic heterocycles. The van der Waals surface area contributed by atoms with Crippen molar-refractivity contribution in [2.45, 2.75) is 75.2 Å². The zero-order valence-corrected chi connectivity index (χ0v) is 32.4. The number of phenols is 1. The number of hydrogen-bond acceptors (Lipinski definition) is 12. The average molecular weight is 832 g/mol. The number of aliphatic hydroxyl groups is 2. The van der Waals surface area contributed by atoms with Gasteiger partial charge in [0.1, 0.15) is 24.0 Å². The summed E-state index contributed by atoms with van der Waals surface area (Å²) in [5.74, 6) is -3.12. The summed E-state index contributed by atoms with van der Waals surface area (Å²) in [6.45, 7) is 2.67. The van der Waals surface area contributed by atoms with Crippen LogP contribution in [0.4, 0.5) is 29.7 Å². The number of aliphatic hydroxyl groups excluding tert-OH is 2. The number of urea groups is 1. The number of hydroxylamine groups is 2. The number of nitrogens with zero attached hydrogens (tertiary/aromatic N) is 6. The molecule has 2 aliphatic rings. The van der Waals surface area contributed by atoms with Gasteiger partial charge >= 0.3 is 18.2 Å². The monoisotopic (exact) mass is 831 g/mol. The highest BCUT2D eigenvalue weighted by Crippen LogP contribution is 2.38. The predicted octanol–water partition coefficient (Wildman–Crippen LogP) is 4.15.